The number of nitrogens with one attached hydrogen (secondary N) is 1. The average Bonchev–Trinajstić information content (AvgIpc) is 2.76. The summed E-state index contributed by atoms with van der Waals surface area (Å²) in [6.07, 6.45) is 3.16. The van der Waals surface area contributed by atoms with Crippen LogP contribution in [0, 0.1) is 0 Å². The van der Waals surface area contributed by atoms with E-state index in [1.54, 1.807) is 0 Å². The lowest BCUT2D eigenvalue weighted by Gasteiger charge is -2.16. The molecule has 0 aliphatic heterocycles. The third-order valence-electron chi connectivity index (χ3n) is 3.26. The van der Waals surface area contributed by atoms with Crippen molar-refractivity contribution in [2.24, 2.45) is 5.73 Å². The molecule has 0 atom stereocenters. The average molecular weight is 263 g/mol. The number of benzene rings is 1. The molecule has 0 aliphatic carbocycles. The maximum Gasteiger partial charge on any atom is 0.417 e. The summed E-state index contributed by atoms with van der Waals surface area (Å²) in [5.41, 5.74) is 8.05. The van der Waals surface area contributed by atoms with E-state index in [9.17, 15) is 4.79 Å². The number of nitrogens with zero attached hydrogens (tertiary/aromatic N) is 1. The van der Waals surface area contributed by atoms with Crippen molar-refractivity contribution >= 4 is 11.1 Å². The number of aromatic amines is 1. The molecule has 5 nitrogen and oxygen atoms in total. The first-order valence-corrected chi connectivity index (χ1v) is 6.69. The molecule has 0 radical (unpaired) electrons. The molecule has 0 saturated carbocycles. The third kappa shape index (κ3) is 3.94. The number of nitrogens with two attached hydrogens (primary N) is 1. The van der Waals surface area contributed by atoms with Gasteiger partial charge in [0.2, 0.25) is 0 Å². The van der Waals surface area contributed by atoms with Gasteiger partial charge in [0.1, 0.15) is 0 Å². The number of likely N-dealkylation sites (N-methyl/N-ethyl adjacent to an activating group) is 1. The number of hydrogen-bond donors (Lipinski definition) is 2. The van der Waals surface area contributed by atoms with Crippen LogP contribution in [0.1, 0.15) is 18.4 Å². The molecule has 104 valence electrons. The summed E-state index contributed by atoms with van der Waals surface area (Å²) in [6, 6.07) is 5.85. The summed E-state index contributed by atoms with van der Waals surface area (Å²) < 4.78 is 5.06. The Balaban J connectivity index is 1.88. The fraction of sp³-hybridized carbons (Fsp3) is 0.500. The van der Waals surface area contributed by atoms with Crippen LogP contribution < -0.4 is 11.5 Å². The molecule has 2 rings (SSSR count). The molecule has 1 aromatic heterocycles. The Morgan fingerprint density at radius 1 is 1.32 bits per heavy atom. The van der Waals surface area contributed by atoms with Gasteiger partial charge in [-0.3, -0.25) is 4.98 Å². The van der Waals surface area contributed by atoms with Crippen LogP contribution in [0.25, 0.3) is 11.1 Å². The summed E-state index contributed by atoms with van der Waals surface area (Å²) in [7, 11) is 2.12. The SMILES string of the molecule is CN(CCCCN)CCc1ccc2[nH]c(=O)oc2c1. The molecule has 5 heteroatoms. The van der Waals surface area contributed by atoms with E-state index in [-0.39, 0.29) is 0 Å². The fourth-order valence-electron chi connectivity index (χ4n) is 2.10. The molecular formula is C14H21N3O2. The van der Waals surface area contributed by atoms with Gasteiger partial charge in [0.25, 0.3) is 0 Å². The van der Waals surface area contributed by atoms with Gasteiger partial charge in [0.05, 0.1) is 5.52 Å². The van der Waals surface area contributed by atoms with Gasteiger partial charge in [-0.1, -0.05) is 6.07 Å². The highest BCUT2D eigenvalue weighted by molar-refractivity contribution is 5.72. The Bertz CT molecular complexity index is 573. The summed E-state index contributed by atoms with van der Waals surface area (Å²) >= 11 is 0. The number of hydrogen-bond acceptors (Lipinski definition) is 4. The zero-order valence-electron chi connectivity index (χ0n) is 11.3. The van der Waals surface area contributed by atoms with E-state index in [2.05, 4.69) is 16.9 Å². The van der Waals surface area contributed by atoms with Gasteiger partial charge in [-0.15, -0.1) is 0 Å². The van der Waals surface area contributed by atoms with Crippen LogP contribution in [0.3, 0.4) is 0 Å². The molecule has 0 amide bonds. The van der Waals surface area contributed by atoms with Crippen molar-refractivity contribution in [3.63, 3.8) is 0 Å². The molecule has 0 saturated heterocycles. The van der Waals surface area contributed by atoms with E-state index < -0.39 is 5.76 Å². The predicted molar refractivity (Wildman–Crippen MR) is 76.3 cm³/mol. The maximum absolute atomic E-state index is 11.1. The van der Waals surface area contributed by atoms with E-state index in [0.29, 0.717) is 5.58 Å². The second-order valence-corrected chi connectivity index (χ2v) is 4.89. The minimum atomic E-state index is -0.397. The molecule has 0 unspecified atom stereocenters. The number of fused-ring (bicyclic) bond motifs is 1. The van der Waals surface area contributed by atoms with Crippen LogP contribution in [0.5, 0.6) is 0 Å². The van der Waals surface area contributed by atoms with Crippen molar-refractivity contribution in [1.82, 2.24) is 9.88 Å². The molecule has 1 heterocycles. The second-order valence-electron chi connectivity index (χ2n) is 4.89. The van der Waals surface area contributed by atoms with Gasteiger partial charge in [-0.2, -0.15) is 0 Å². The van der Waals surface area contributed by atoms with Gasteiger partial charge in [-0.25, -0.2) is 4.79 Å². The van der Waals surface area contributed by atoms with Crippen LogP contribution >= 0.6 is 0 Å². The van der Waals surface area contributed by atoms with Crippen molar-refractivity contribution in [2.45, 2.75) is 19.3 Å². The first-order valence-electron chi connectivity index (χ1n) is 6.69. The van der Waals surface area contributed by atoms with E-state index >= 15 is 0 Å². The first kappa shape index (κ1) is 13.8. The Morgan fingerprint density at radius 2 is 2.16 bits per heavy atom. The van der Waals surface area contributed by atoms with Crippen LogP contribution in [-0.4, -0.2) is 36.6 Å². The van der Waals surface area contributed by atoms with Gasteiger partial charge < -0.3 is 15.1 Å². The van der Waals surface area contributed by atoms with Gasteiger partial charge >= 0.3 is 5.76 Å². The van der Waals surface area contributed by atoms with Crippen molar-refractivity contribution in [3.8, 4) is 0 Å². The first-order chi connectivity index (χ1) is 9.19. The minimum Gasteiger partial charge on any atom is -0.408 e. The van der Waals surface area contributed by atoms with Crippen molar-refractivity contribution in [3.05, 3.63) is 34.3 Å². The third-order valence-corrected chi connectivity index (χ3v) is 3.26. The van der Waals surface area contributed by atoms with E-state index in [0.717, 1.165) is 44.4 Å². The maximum atomic E-state index is 11.1. The Labute approximate surface area is 112 Å². The Kier molecular flexibility index (Phi) is 4.76. The fourth-order valence-corrected chi connectivity index (χ4v) is 2.10. The molecule has 19 heavy (non-hydrogen) atoms. The summed E-state index contributed by atoms with van der Waals surface area (Å²) in [5, 5.41) is 0. The lowest BCUT2D eigenvalue weighted by Crippen LogP contribution is -2.23. The molecular weight excluding hydrogens is 242 g/mol. The van der Waals surface area contributed by atoms with E-state index in [4.69, 9.17) is 10.2 Å². The Morgan fingerprint density at radius 3 is 2.95 bits per heavy atom. The smallest absolute Gasteiger partial charge is 0.408 e. The highest BCUT2D eigenvalue weighted by atomic mass is 16.4. The molecule has 0 aliphatic rings. The number of rotatable bonds is 7. The zero-order chi connectivity index (χ0) is 13.7. The summed E-state index contributed by atoms with van der Waals surface area (Å²) in [4.78, 5) is 16.0. The molecule has 1 aromatic carbocycles. The highest BCUT2D eigenvalue weighted by Gasteiger charge is 2.03. The second kappa shape index (κ2) is 6.54. The minimum absolute atomic E-state index is 0.397. The zero-order valence-corrected chi connectivity index (χ0v) is 11.3. The highest BCUT2D eigenvalue weighted by Crippen LogP contribution is 2.13. The quantitative estimate of drug-likeness (QED) is 0.739. The normalized spacial score (nSPS) is 11.5. The van der Waals surface area contributed by atoms with Crippen molar-refractivity contribution < 1.29 is 4.42 Å². The van der Waals surface area contributed by atoms with Crippen LogP contribution in [0.4, 0.5) is 0 Å². The number of H-pyrrole nitrogens is 1. The molecule has 0 spiro atoms. The topological polar surface area (TPSA) is 75.3 Å². The van der Waals surface area contributed by atoms with Crippen molar-refractivity contribution in [2.75, 3.05) is 26.7 Å². The van der Waals surface area contributed by atoms with Crippen LogP contribution in [-0.2, 0) is 6.42 Å². The Hall–Kier alpha value is -1.59. The molecule has 2 aromatic rings. The number of oxazole rings is 1. The lowest BCUT2D eigenvalue weighted by molar-refractivity contribution is 0.331. The van der Waals surface area contributed by atoms with Crippen LogP contribution in [0.15, 0.2) is 27.4 Å². The molecule has 0 bridgehead atoms. The lowest BCUT2D eigenvalue weighted by atomic mass is 10.1. The van der Waals surface area contributed by atoms with E-state index in [1.165, 1.54) is 5.56 Å². The predicted octanol–water partition coefficient (Wildman–Crippen LogP) is 1.33. The molecule has 3 N–H and O–H groups in total. The van der Waals surface area contributed by atoms with Gasteiger partial charge in [0, 0.05) is 6.54 Å². The largest absolute Gasteiger partial charge is 0.417 e. The number of unbranched alkanes of at least 4 members (excludes halogenated alkanes) is 1. The number of aromatic nitrogens is 1. The monoisotopic (exact) mass is 263 g/mol. The summed E-state index contributed by atoms with van der Waals surface area (Å²) in [6.45, 7) is 2.82. The molecule has 0 fully saturated rings. The van der Waals surface area contributed by atoms with Crippen molar-refractivity contribution in [1.29, 1.82) is 0 Å². The standard InChI is InChI=1S/C14H21N3O2/c1-17(8-3-2-7-15)9-6-11-4-5-12-13(10-11)19-14(18)16-12/h4-5,10H,2-3,6-9,15H2,1H3,(H,16,18). The van der Waals surface area contributed by atoms with Gasteiger partial charge in [0.15, 0.2) is 5.58 Å². The van der Waals surface area contributed by atoms with E-state index in [1.807, 2.05) is 18.2 Å². The van der Waals surface area contributed by atoms with Gasteiger partial charge in [-0.05, 0) is 57.1 Å². The summed E-state index contributed by atoms with van der Waals surface area (Å²) in [5.74, 6) is -0.397. The van der Waals surface area contributed by atoms with Crippen LogP contribution in [0.2, 0.25) is 0 Å².